The highest BCUT2D eigenvalue weighted by atomic mass is 16.5. The molecule has 5 rings (SSSR count). The zero-order valence-corrected chi connectivity index (χ0v) is 16.4. The molecule has 0 spiro atoms. The van der Waals surface area contributed by atoms with Crippen LogP contribution in [0, 0.1) is 23.7 Å². The molecule has 1 aromatic carbocycles. The van der Waals surface area contributed by atoms with Crippen molar-refractivity contribution in [3.05, 3.63) is 59.9 Å². The zero-order chi connectivity index (χ0) is 20.8. The molecule has 2 bridgehead atoms. The Labute approximate surface area is 173 Å². The highest BCUT2D eigenvalue weighted by molar-refractivity contribution is 6.06. The molecule has 0 N–H and O–H groups in total. The van der Waals surface area contributed by atoms with Crippen LogP contribution < -0.4 is 0 Å². The second kappa shape index (κ2) is 7.09. The van der Waals surface area contributed by atoms with Crippen molar-refractivity contribution in [1.29, 1.82) is 0 Å². The van der Waals surface area contributed by atoms with Gasteiger partial charge < -0.3 is 9.15 Å². The molecule has 2 aromatic rings. The third kappa shape index (κ3) is 2.89. The molecule has 7 nitrogen and oxygen atoms in total. The number of carbonyl (C=O) groups excluding carboxylic acids is 3. The van der Waals surface area contributed by atoms with Gasteiger partial charge in [0.05, 0.1) is 30.2 Å². The topological polar surface area (TPSA) is 89.2 Å². The molecule has 152 valence electrons. The predicted octanol–water partition coefficient (Wildman–Crippen LogP) is 3.26. The number of hydrogen-bond donors (Lipinski definition) is 0. The molecule has 1 saturated heterocycles. The summed E-state index contributed by atoms with van der Waals surface area (Å²) in [6.45, 7) is 2.08. The van der Waals surface area contributed by atoms with E-state index in [-0.39, 0.29) is 41.5 Å². The summed E-state index contributed by atoms with van der Waals surface area (Å²) in [6.07, 6.45) is 6.38. The number of benzene rings is 1. The van der Waals surface area contributed by atoms with Gasteiger partial charge in [-0.1, -0.05) is 24.3 Å². The third-order valence-electron chi connectivity index (χ3n) is 6.05. The summed E-state index contributed by atoms with van der Waals surface area (Å²) >= 11 is 0. The maximum Gasteiger partial charge on any atom is 0.338 e. The van der Waals surface area contributed by atoms with E-state index in [1.54, 1.807) is 43.3 Å². The van der Waals surface area contributed by atoms with Crippen molar-refractivity contribution in [2.24, 2.45) is 28.8 Å². The number of hydrazone groups is 1. The lowest BCUT2D eigenvalue weighted by molar-refractivity contribution is -0.140. The Morgan fingerprint density at radius 2 is 1.77 bits per heavy atom. The van der Waals surface area contributed by atoms with Crippen LogP contribution in [-0.2, 0) is 14.3 Å². The predicted molar refractivity (Wildman–Crippen MR) is 107 cm³/mol. The van der Waals surface area contributed by atoms with E-state index in [2.05, 4.69) is 17.3 Å². The Morgan fingerprint density at radius 3 is 2.40 bits per heavy atom. The summed E-state index contributed by atoms with van der Waals surface area (Å²) in [5.74, 6) is -0.0230. The van der Waals surface area contributed by atoms with Gasteiger partial charge in [0.25, 0.3) is 11.8 Å². The van der Waals surface area contributed by atoms with Crippen LogP contribution in [0.4, 0.5) is 0 Å². The van der Waals surface area contributed by atoms with Crippen molar-refractivity contribution in [3.8, 4) is 11.3 Å². The molecule has 2 aliphatic carbocycles. The number of nitrogens with zero attached hydrogens (tertiary/aromatic N) is 2. The maximum atomic E-state index is 12.7. The van der Waals surface area contributed by atoms with E-state index < -0.39 is 0 Å². The molecule has 1 saturated carbocycles. The smallest absolute Gasteiger partial charge is 0.338 e. The standard InChI is InChI=1S/C23H20N2O5/c1-2-29-23(28)14-5-3-13(4-6-14)18-10-9-17(30-18)12-24-25-21(26)19-15-7-8-16(11-15)20(19)22(25)27/h3-10,12,15-16,19-20H,2,11H2,1H3/b24-12+. The van der Waals surface area contributed by atoms with E-state index in [0.717, 1.165) is 17.0 Å². The molecule has 2 heterocycles. The minimum Gasteiger partial charge on any atom is -0.462 e. The first-order chi connectivity index (χ1) is 14.6. The molecule has 2 amide bonds. The monoisotopic (exact) mass is 404 g/mol. The minimum absolute atomic E-state index is 0.157. The molecule has 1 aliphatic heterocycles. The van der Waals surface area contributed by atoms with E-state index in [4.69, 9.17) is 9.15 Å². The average Bonchev–Trinajstić information content (AvgIpc) is 3.52. The molecule has 2 fully saturated rings. The second-order valence-electron chi connectivity index (χ2n) is 7.73. The lowest BCUT2D eigenvalue weighted by Crippen LogP contribution is -2.28. The number of amides is 2. The van der Waals surface area contributed by atoms with Crippen molar-refractivity contribution >= 4 is 24.0 Å². The quantitative estimate of drug-likeness (QED) is 0.330. The maximum absolute atomic E-state index is 12.7. The van der Waals surface area contributed by atoms with Crippen LogP contribution in [0.2, 0.25) is 0 Å². The van der Waals surface area contributed by atoms with Crippen molar-refractivity contribution in [1.82, 2.24) is 5.01 Å². The largest absolute Gasteiger partial charge is 0.462 e. The number of ether oxygens (including phenoxy) is 1. The molecule has 1 aromatic heterocycles. The van der Waals surface area contributed by atoms with Gasteiger partial charge in [0.2, 0.25) is 0 Å². The van der Waals surface area contributed by atoms with Gasteiger partial charge >= 0.3 is 5.97 Å². The van der Waals surface area contributed by atoms with E-state index >= 15 is 0 Å². The fraction of sp³-hybridized carbons (Fsp3) is 0.304. The highest BCUT2D eigenvalue weighted by Gasteiger charge is 2.59. The highest BCUT2D eigenvalue weighted by Crippen LogP contribution is 2.52. The number of fused-ring (bicyclic) bond motifs is 5. The van der Waals surface area contributed by atoms with Gasteiger partial charge in [-0.05, 0) is 49.4 Å². The van der Waals surface area contributed by atoms with Crippen LogP contribution in [0.1, 0.15) is 29.5 Å². The van der Waals surface area contributed by atoms with Crippen molar-refractivity contribution in [3.63, 3.8) is 0 Å². The zero-order valence-electron chi connectivity index (χ0n) is 16.4. The Hall–Kier alpha value is -3.48. The Morgan fingerprint density at radius 1 is 1.10 bits per heavy atom. The Balaban J connectivity index is 1.30. The number of imide groups is 1. The Kier molecular flexibility index (Phi) is 4.38. The lowest BCUT2D eigenvalue weighted by Gasteiger charge is -2.13. The average molecular weight is 404 g/mol. The van der Waals surface area contributed by atoms with Gasteiger partial charge in [0.15, 0.2) is 0 Å². The summed E-state index contributed by atoms with van der Waals surface area (Å²) < 4.78 is 10.7. The SMILES string of the molecule is CCOC(=O)c1ccc(-c2ccc(/C=N/N3C(=O)C4C5C=CC(C5)C4C3=O)o2)cc1. The second-order valence-corrected chi connectivity index (χ2v) is 7.73. The van der Waals surface area contributed by atoms with Gasteiger partial charge in [-0.2, -0.15) is 10.1 Å². The van der Waals surface area contributed by atoms with Gasteiger partial charge in [-0.3, -0.25) is 9.59 Å². The van der Waals surface area contributed by atoms with Gasteiger partial charge in [0.1, 0.15) is 11.5 Å². The van der Waals surface area contributed by atoms with Crippen LogP contribution in [0.25, 0.3) is 11.3 Å². The van der Waals surface area contributed by atoms with Crippen LogP contribution in [0.3, 0.4) is 0 Å². The van der Waals surface area contributed by atoms with Crippen molar-refractivity contribution < 1.29 is 23.5 Å². The normalized spacial score (nSPS) is 26.8. The van der Waals surface area contributed by atoms with E-state index in [0.29, 0.717) is 23.7 Å². The summed E-state index contributed by atoms with van der Waals surface area (Å²) in [5, 5.41) is 5.12. The van der Waals surface area contributed by atoms with Gasteiger partial charge in [-0.25, -0.2) is 4.79 Å². The summed E-state index contributed by atoms with van der Waals surface area (Å²) in [6, 6.07) is 10.4. The van der Waals surface area contributed by atoms with Gasteiger partial charge in [-0.15, -0.1) is 0 Å². The van der Waals surface area contributed by atoms with Crippen molar-refractivity contribution in [2.45, 2.75) is 13.3 Å². The number of carbonyl (C=O) groups is 3. The first-order valence-electron chi connectivity index (χ1n) is 10.0. The van der Waals surface area contributed by atoms with Crippen molar-refractivity contribution in [2.75, 3.05) is 6.61 Å². The first kappa shape index (κ1) is 18.5. The molecule has 30 heavy (non-hydrogen) atoms. The summed E-state index contributed by atoms with van der Waals surface area (Å²) in [5.41, 5.74) is 1.25. The van der Waals surface area contributed by atoms with Crippen LogP contribution in [0.5, 0.6) is 0 Å². The van der Waals surface area contributed by atoms with E-state index in [1.165, 1.54) is 6.21 Å². The first-order valence-corrected chi connectivity index (χ1v) is 10.0. The fourth-order valence-electron chi connectivity index (χ4n) is 4.68. The number of allylic oxidation sites excluding steroid dienone is 2. The fourth-order valence-corrected chi connectivity index (χ4v) is 4.68. The number of furan rings is 1. The summed E-state index contributed by atoms with van der Waals surface area (Å²) in [7, 11) is 0. The molecular formula is C23H20N2O5. The molecule has 4 atom stereocenters. The van der Waals surface area contributed by atoms with E-state index in [9.17, 15) is 14.4 Å². The minimum atomic E-state index is -0.371. The number of hydrogen-bond acceptors (Lipinski definition) is 6. The number of esters is 1. The molecule has 4 unspecified atom stereocenters. The van der Waals surface area contributed by atoms with Crippen LogP contribution >= 0.6 is 0 Å². The Bertz CT molecular complexity index is 1050. The van der Waals surface area contributed by atoms with Gasteiger partial charge in [0, 0.05) is 5.56 Å². The lowest BCUT2D eigenvalue weighted by atomic mass is 9.85. The third-order valence-corrected chi connectivity index (χ3v) is 6.05. The summed E-state index contributed by atoms with van der Waals surface area (Å²) in [4.78, 5) is 37.1. The number of rotatable bonds is 5. The van der Waals surface area contributed by atoms with Crippen LogP contribution in [0.15, 0.2) is 58.1 Å². The molecule has 0 radical (unpaired) electrons. The molecular weight excluding hydrogens is 384 g/mol. The molecule has 7 heteroatoms. The molecule has 3 aliphatic rings. The van der Waals surface area contributed by atoms with E-state index in [1.807, 2.05) is 0 Å². The van der Waals surface area contributed by atoms with Crippen LogP contribution in [-0.4, -0.2) is 35.6 Å².